The molecule has 0 aliphatic carbocycles. The smallest absolute Gasteiger partial charge is 0.0474 e. The summed E-state index contributed by atoms with van der Waals surface area (Å²) in [6, 6.07) is 8.63. The van der Waals surface area contributed by atoms with Crippen molar-refractivity contribution in [2.45, 2.75) is 69.1 Å². The van der Waals surface area contributed by atoms with Gasteiger partial charge in [-0.25, -0.2) is 0 Å². The normalized spacial score (nSPS) is 10.8. The van der Waals surface area contributed by atoms with Crippen molar-refractivity contribution in [2.75, 3.05) is 5.75 Å². The number of alkyl halides is 1. The van der Waals surface area contributed by atoms with Gasteiger partial charge in [0.2, 0.25) is 0 Å². The standard InChI is InChI=1S/C17H27ClS/c1-2-3-4-5-6-7-8-9-14-19-17-12-10-16(15-18)11-13-17/h10-13H,2-9,14-15H2,1H3. The van der Waals surface area contributed by atoms with Gasteiger partial charge in [0.25, 0.3) is 0 Å². The molecule has 0 aromatic heterocycles. The Kier molecular flexibility index (Phi) is 10.4. The minimum Gasteiger partial charge on any atom is -0.126 e. The van der Waals surface area contributed by atoms with Gasteiger partial charge < -0.3 is 0 Å². The van der Waals surface area contributed by atoms with Gasteiger partial charge in [-0.15, -0.1) is 23.4 Å². The maximum absolute atomic E-state index is 5.78. The SMILES string of the molecule is CCCCCCCCCCSc1ccc(CCl)cc1. The molecule has 0 amide bonds. The second kappa shape index (κ2) is 11.7. The zero-order chi connectivity index (χ0) is 13.8. The molecule has 0 saturated carbocycles. The van der Waals surface area contributed by atoms with E-state index in [4.69, 9.17) is 11.6 Å². The van der Waals surface area contributed by atoms with Crippen LogP contribution in [0.5, 0.6) is 0 Å². The lowest BCUT2D eigenvalue weighted by atomic mass is 10.1. The molecule has 0 aliphatic rings. The van der Waals surface area contributed by atoms with E-state index in [2.05, 4.69) is 31.2 Å². The van der Waals surface area contributed by atoms with E-state index in [-0.39, 0.29) is 0 Å². The predicted molar refractivity (Wildman–Crippen MR) is 89.3 cm³/mol. The molecule has 0 atom stereocenters. The van der Waals surface area contributed by atoms with Crippen molar-refractivity contribution in [2.24, 2.45) is 0 Å². The van der Waals surface area contributed by atoms with Crippen molar-refractivity contribution in [1.82, 2.24) is 0 Å². The van der Waals surface area contributed by atoms with Gasteiger partial charge in [0, 0.05) is 10.8 Å². The van der Waals surface area contributed by atoms with Crippen molar-refractivity contribution >= 4 is 23.4 Å². The maximum atomic E-state index is 5.78. The number of benzene rings is 1. The van der Waals surface area contributed by atoms with Crippen molar-refractivity contribution in [1.29, 1.82) is 0 Å². The molecule has 0 spiro atoms. The summed E-state index contributed by atoms with van der Waals surface area (Å²) in [4.78, 5) is 1.37. The lowest BCUT2D eigenvalue weighted by Gasteiger charge is -2.03. The Bertz CT molecular complexity index is 308. The Hall–Kier alpha value is -0.140. The zero-order valence-corrected chi connectivity index (χ0v) is 13.7. The van der Waals surface area contributed by atoms with Crippen molar-refractivity contribution in [3.05, 3.63) is 29.8 Å². The number of thioether (sulfide) groups is 1. The Morgan fingerprint density at radius 3 is 2.00 bits per heavy atom. The topological polar surface area (TPSA) is 0 Å². The first-order valence-electron chi connectivity index (χ1n) is 7.64. The first-order valence-corrected chi connectivity index (χ1v) is 9.16. The number of hydrogen-bond donors (Lipinski definition) is 0. The summed E-state index contributed by atoms with van der Waals surface area (Å²) in [6.07, 6.45) is 11.2. The number of halogens is 1. The third-order valence-electron chi connectivity index (χ3n) is 3.34. The van der Waals surface area contributed by atoms with E-state index < -0.39 is 0 Å². The van der Waals surface area contributed by atoms with Crippen LogP contribution in [0.4, 0.5) is 0 Å². The first kappa shape index (κ1) is 16.9. The second-order valence-electron chi connectivity index (χ2n) is 5.10. The average Bonchev–Trinajstić information content (AvgIpc) is 2.46. The molecule has 108 valence electrons. The summed E-state index contributed by atoms with van der Waals surface area (Å²) in [5.74, 6) is 1.86. The molecule has 0 radical (unpaired) electrons. The van der Waals surface area contributed by atoms with E-state index in [1.165, 1.54) is 67.6 Å². The van der Waals surface area contributed by atoms with E-state index in [1.54, 1.807) is 0 Å². The molecule has 19 heavy (non-hydrogen) atoms. The molecule has 2 heteroatoms. The molecular formula is C17H27ClS. The van der Waals surface area contributed by atoms with Crippen molar-refractivity contribution < 1.29 is 0 Å². The summed E-state index contributed by atoms with van der Waals surface area (Å²) in [6.45, 7) is 2.27. The molecule has 1 aromatic rings. The van der Waals surface area contributed by atoms with Crippen LogP contribution in [-0.4, -0.2) is 5.75 Å². The number of unbranched alkanes of at least 4 members (excludes halogenated alkanes) is 7. The lowest BCUT2D eigenvalue weighted by Crippen LogP contribution is -1.84. The van der Waals surface area contributed by atoms with E-state index in [1.807, 2.05) is 11.8 Å². The Morgan fingerprint density at radius 2 is 1.42 bits per heavy atom. The highest BCUT2D eigenvalue weighted by molar-refractivity contribution is 7.99. The average molecular weight is 299 g/mol. The van der Waals surface area contributed by atoms with Gasteiger partial charge in [-0.2, -0.15) is 0 Å². The lowest BCUT2D eigenvalue weighted by molar-refractivity contribution is 0.586. The fourth-order valence-electron chi connectivity index (χ4n) is 2.10. The highest BCUT2D eigenvalue weighted by Gasteiger charge is 1.96. The molecule has 0 saturated heterocycles. The third kappa shape index (κ3) is 8.60. The minimum absolute atomic E-state index is 0.614. The molecule has 0 nitrogen and oxygen atoms in total. The van der Waals surface area contributed by atoms with Crippen LogP contribution < -0.4 is 0 Å². The zero-order valence-electron chi connectivity index (χ0n) is 12.2. The van der Waals surface area contributed by atoms with Gasteiger partial charge in [-0.1, -0.05) is 64.0 Å². The first-order chi connectivity index (χ1) is 9.36. The van der Waals surface area contributed by atoms with Crippen molar-refractivity contribution in [3.8, 4) is 0 Å². The highest BCUT2D eigenvalue weighted by atomic mass is 35.5. The quantitative estimate of drug-likeness (QED) is 0.250. The van der Waals surface area contributed by atoms with Crippen LogP contribution in [0.1, 0.15) is 63.9 Å². The number of hydrogen-bond acceptors (Lipinski definition) is 1. The fourth-order valence-corrected chi connectivity index (χ4v) is 3.19. The minimum atomic E-state index is 0.614. The van der Waals surface area contributed by atoms with Crippen LogP contribution in [0, 0.1) is 0 Å². The predicted octanol–water partition coefficient (Wildman–Crippen LogP) is 6.66. The van der Waals surface area contributed by atoms with E-state index in [0.717, 1.165) is 0 Å². The molecule has 0 heterocycles. The van der Waals surface area contributed by atoms with Gasteiger partial charge in [0.1, 0.15) is 0 Å². The summed E-state index contributed by atoms with van der Waals surface area (Å²) in [5.41, 5.74) is 1.21. The van der Waals surface area contributed by atoms with Crippen LogP contribution in [0.2, 0.25) is 0 Å². The second-order valence-corrected chi connectivity index (χ2v) is 6.54. The number of rotatable bonds is 11. The van der Waals surface area contributed by atoms with Crippen molar-refractivity contribution in [3.63, 3.8) is 0 Å². The van der Waals surface area contributed by atoms with E-state index in [0.29, 0.717) is 5.88 Å². The Labute approximate surface area is 128 Å². The molecule has 1 rings (SSSR count). The Morgan fingerprint density at radius 1 is 0.842 bits per heavy atom. The highest BCUT2D eigenvalue weighted by Crippen LogP contribution is 2.21. The molecule has 1 aromatic carbocycles. The van der Waals surface area contributed by atoms with Crippen LogP contribution in [0.15, 0.2) is 29.2 Å². The molecule has 0 bridgehead atoms. The van der Waals surface area contributed by atoms with Gasteiger partial charge >= 0.3 is 0 Å². The monoisotopic (exact) mass is 298 g/mol. The molecule has 0 N–H and O–H groups in total. The summed E-state index contributed by atoms with van der Waals surface area (Å²) in [5, 5.41) is 0. The third-order valence-corrected chi connectivity index (χ3v) is 4.75. The summed E-state index contributed by atoms with van der Waals surface area (Å²) < 4.78 is 0. The molecule has 0 unspecified atom stereocenters. The largest absolute Gasteiger partial charge is 0.126 e. The van der Waals surface area contributed by atoms with Crippen LogP contribution >= 0.6 is 23.4 Å². The molecule has 0 fully saturated rings. The van der Waals surface area contributed by atoms with Crippen LogP contribution in [-0.2, 0) is 5.88 Å². The van der Waals surface area contributed by atoms with Gasteiger partial charge in [0.05, 0.1) is 0 Å². The summed E-state index contributed by atoms with van der Waals surface area (Å²) >= 11 is 7.75. The van der Waals surface area contributed by atoms with E-state index >= 15 is 0 Å². The van der Waals surface area contributed by atoms with Gasteiger partial charge in [0.15, 0.2) is 0 Å². The van der Waals surface area contributed by atoms with Gasteiger partial charge in [-0.05, 0) is 29.9 Å². The molecule has 0 aliphatic heterocycles. The summed E-state index contributed by atoms with van der Waals surface area (Å²) in [7, 11) is 0. The van der Waals surface area contributed by atoms with Crippen LogP contribution in [0.3, 0.4) is 0 Å². The molecular weight excluding hydrogens is 272 g/mol. The van der Waals surface area contributed by atoms with E-state index in [9.17, 15) is 0 Å². The van der Waals surface area contributed by atoms with Crippen LogP contribution in [0.25, 0.3) is 0 Å². The van der Waals surface area contributed by atoms with Gasteiger partial charge in [-0.3, -0.25) is 0 Å². The maximum Gasteiger partial charge on any atom is 0.0474 e. The fraction of sp³-hybridized carbons (Fsp3) is 0.647. The Balaban J connectivity index is 1.95.